The number of pyridine rings is 1. The second-order valence-corrected chi connectivity index (χ2v) is 8.22. The van der Waals surface area contributed by atoms with Crippen LogP contribution in [0.15, 0.2) is 29.3 Å². The van der Waals surface area contributed by atoms with Gasteiger partial charge in [-0.15, -0.1) is 0 Å². The summed E-state index contributed by atoms with van der Waals surface area (Å²) in [6, 6.07) is 4.67. The number of nitrogen functional groups attached to an aromatic ring is 1. The molecule has 3 rings (SSSR count). The normalized spacial score (nSPS) is 18.2. The van der Waals surface area contributed by atoms with E-state index in [0.717, 1.165) is 6.07 Å². The van der Waals surface area contributed by atoms with Gasteiger partial charge >= 0.3 is 6.18 Å². The quantitative estimate of drug-likeness (QED) is 0.568. The number of hydrogen-bond donors (Lipinski definition) is 3. The number of alkyl halides is 3. The Kier molecular flexibility index (Phi) is 6.97. The van der Waals surface area contributed by atoms with Crippen LogP contribution in [0.5, 0.6) is 5.75 Å². The minimum Gasteiger partial charge on any atom is -0.507 e. The molecule has 0 saturated carbocycles. The molecule has 1 aromatic heterocycles. The maximum Gasteiger partial charge on any atom is 0.416 e. The van der Waals surface area contributed by atoms with E-state index >= 15 is 0 Å². The Morgan fingerprint density at radius 1 is 1.36 bits per heavy atom. The number of likely N-dealkylation sites (tertiary alicyclic amines) is 1. The van der Waals surface area contributed by atoms with Crippen molar-refractivity contribution in [2.45, 2.75) is 39.5 Å². The van der Waals surface area contributed by atoms with Crippen molar-refractivity contribution in [2.75, 3.05) is 25.4 Å². The van der Waals surface area contributed by atoms with Crippen LogP contribution in [0.1, 0.15) is 37.0 Å². The van der Waals surface area contributed by atoms with Crippen molar-refractivity contribution in [1.29, 1.82) is 0 Å². The summed E-state index contributed by atoms with van der Waals surface area (Å²) in [5.41, 5.74) is 6.38. The van der Waals surface area contributed by atoms with Gasteiger partial charge in [0.2, 0.25) is 5.91 Å². The van der Waals surface area contributed by atoms with Crippen LogP contribution in [0.4, 0.5) is 19.0 Å². The van der Waals surface area contributed by atoms with Crippen LogP contribution in [0.2, 0.25) is 0 Å². The van der Waals surface area contributed by atoms with Crippen LogP contribution in [0.25, 0.3) is 11.3 Å². The fourth-order valence-corrected chi connectivity index (χ4v) is 4.05. The molecule has 2 atom stereocenters. The van der Waals surface area contributed by atoms with E-state index in [1.54, 1.807) is 11.0 Å². The third-order valence-electron chi connectivity index (χ3n) is 5.69. The van der Waals surface area contributed by atoms with E-state index in [-0.39, 0.29) is 34.5 Å². The SMILES string of the molecule is CCN1CC(CN=C(c2ccc(-c3c(C)cc(C(F)(F)F)cc3O)nc2N)C(C)O)CC1=O. The Morgan fingerprint density at radius 2 is 2.06 bits per heavy atom. The minimum absolute atomic E-state index is 0.0172. The summed E-state index contributed by atoms with van der Waals surface area (Å²) in [7, 11) is 0. The number of carbonyl (C=O) groups excluding carboxylic acids is 1. The van der Waals surface area contributed by atoms with Crippen LogP contribution in [-0.4, -0.2) is 57.5 Å². The van der Waals surface area contributed by atoms with Gasteiger partial charge in [-0.3, -0.25) is 9.79 Å². The Balaban J connectivity index is 1.91. The molecule has 2 unspecified atom stereocenters. The molecule has 10 heteroatoms. The van der Waals surface area contributed by atoms with Crippen LogP contribution < -0.4 is 5.73 Å². The molecule has 1 amide bonds. The van der Waals surface area contributed by atoms with E-state index in [0.29, 0.717) is 43.4 Å². The van der Waals surface area contributed by atoms with Crippen LogP contribution in [0, 0.1) is 12.8 Å². The lowest BCUT2D eigenvalue weighted by Crippen LogP contribution is -2.25. The molecule has 7 nitrogen and oxygen atoms in total. The van der Waals surface area contributed by atoms with E-state index in [1.165, 1.54) is 19.9 Å². The third-order valence-corrected chi connectivity index (χ3v) is 5.69. The van der Waals surface area contributed by atoms with Gasteiger partial charge in [0.05, 0.1) is 23.1 Å². The summed E-state index contributed by atoms with van der Waals surface area (Å²) in [6.45, 7) is 6.47. The van der Waals surface area contributed by atoms with Crippen LogP contribution >= 0.6 is 0 Å². The second-order valence-electron chi connectivity index (χ2n) is 8.22. The highest BCUT2D eigenvalue weighted by atomic mass is 19.4. The molecule has 2 aromatic rings. The number of aliphatic hydroxyl groups is 1. The van der Waals surface area contributed by atoms with Gasteiger partial charge in [-0.05, 0) is 50.6 Å². The van der Waals surface area contributed by atoms with E-state index in [2.05, 4.69) is 9.98 Å². The number of anilines is 1. The van der Waals surface area contributed by atoms with Gasteiger partial charge in [-0.25, -0.2) is 4.98 Å². The van der Waals surface area contributed by atoms with Gasteiger partial charge in [-0.1, -0.05) is 0 Å². The standard InChI is InChI=1S/C23H27F3N4O3/c1-4-30-11-14(8-19(30)33)10-28-21(13(3)31)16-5-6-17(29-22(16)27)20-12(2)7-15(9-18(20)32)23(24,25)26/h5-7,9,13-14,31-32H,4,8,10-11H2,1-3H3,(H2,27,29). The number of halogens is 3. The zero-order chi connectivity index (χ0) is 24.5. The highest BCUT2D eigenvalue weighted by molar-refractivity contribution is 6.07. The Bertz CT molecular complexity index is 1060. The first kappa shape index (κ1) is 24.5. The number of nitrogens with two attached hydrogens (primary N) is 1. The maximum atomic E-state index is 13.0. The fraction of sp³-hybridized carbons (Fsp3) is 0.435. The van der Waals surface area contributed by atoms with Gasteiger partial charge in [0, 0.05) is 43.1 Å². The van der Waals surface area contributed by atoms with E-state index in [1.807, 2.05) is 6.92 Å². The van der Waals surface area contributed by atoms with Crippen molar-refractivity contribution in [1.82, 2.24) is 9.88 Å². The largest absolute Gasteiger partial charge is 0.507 e. The van der Waals surface area contributed by atoms with Crippen molar-refractivity contribution in [2.24, 2.45) is 10.9 Å². The monoisotopic (exact) mass is 464 g/mol. The van der Waals surface area contributed by atoms with Gasteiger partial charge in [0.1, 0.15) is 11.6 Å². The first-order valence-electron chi connectivity index (χ1n) is 10.6. The molecule has 1 aromatic carbocycles. The molecule has 4 N–H and O–H groups in total. The topological polar surface area (TPSA) is 112 Å². The average Bonchev–Trinajstić information content (AvgIpc) is 3.07. The predicted molar refractivity (Wildman–Crippen MR) is 119 cm³/mol. The van der Waals surface area contributed by atoms with Crippen molar-refractivity contribution in [3.8, 4) is 17.0 Å². The molecule has 0 aliphatic carbocycles. The third kappa shape index (κ3) is 5.27. The molecule has 0 radical (unpaired) electrons. The highest BCUT2D eigenvalue weighted by Crippen LogP contribution is 2.38. The average molecular weight is 464 g/mol. The van der Waals surface area contributed by atoms with E-state index in [9.17, 15) is 28.2 Å². The van der Waals surface area contributed by atoms with Crippen molar-refractivity contribution in [3.63, 3.8) is 0 Å². The predicted octanol–water partition coefficient (Wildman–Crippen LogP) is 3.40. The number of aromatic hydroxyl groups is 1. The number of hydrogen-bond acceptors (Lipinski definition) is 6. The number of benzene rings is 1. The minimum atomic E-state index is -4.59. The van der Waals surface area contributed by atoms with Gasteiger partial charge < -0.3 is 20.8 Å². The number of rotatable bonds is 6. The first-order valence-corrected chi connectivity index (χ1v) is 10.6. The van der Waals surface area contributed by atoms with E-state index in [4.69, 9.17) is 5.73 Å². The second kappa shape index (κ2) is 9.38. The number of aliphatic hydroxyl groups excluding tert-OH is 1. The summed E-state index contributed by atoms with van der Waals surface area (Å²) < 4.78 is 39.0. The zero-order valence-electron chi connectivity index (χ0n) is 18.6. The number of aromatic nitrogens is 1. The molecule has 1 saturated heterocycles. The molecule has 33 heavy (non-hydrogen) atoms. The van der Waals surface area contributed by atoms with Crippen molar-refractivity contribution < 1.29 is 28.2 Å². The number of amides is 1. The van der Waals surface area contributed by atoms with Crippen LogP contribution in [0.3, 0.4) is 0 Å². The molecule has 0 bridgehead atoms. The van der Waals surface area contributed by atoms with Crippen LogP contribution in [-0.2, 0) is 11.0 Å². The smallest absolute Gasteiger partial charge is 0.416 e. The fourth-order valence-electron chi connectivity index (χ4n) is 4.05. The highest BCUT2D eigenvalue weighted by Gasteiger charge is 2.32. The molecule has 1 aliphatic rings. The lowest BCUT2D eigenvalue weighted by atomic mass is 9.98. The van der Waals surface area contributed by atoms with Crippen molar-refractivity contribution >= 4 is 17.4 Å². The van der Waals surface area contributed by atoms with E-state index < -0.39 is 23.6 Å². The zero-order valence-corrected chi connectivity index (χ0v) is 18.6. The maximum absolute atomic E-state index is 13.0. The lowest BCUT2D eigenvalue weighted by molar-refractivity contribution is -0.137. The number of carbonyl (C=O) groups is 1. The van der Waals surface area contributed by atoms with Gasteiger partial charge in [-0.2, -0.15) is 13.2 Å². The molecular formula is C23H27F3N4O3. The molecule has 1 aliphatic heterocycles. The summed E-state index contributed by atoms with van der Waals surface area (Å²) >= 11 is 0. The summed E-state index contributed by atoms with van der Waals surface area (Å²) in [6.07, 6.45) is -5.15. The Morgan fingerprint density at radius 3 is 2.58 bits per heavy atom. The molecule has 178 valence electrons. The Labute approximate surface area is 189 Å². The summed E-state index contributed by atoms with van der Waals surface area (Å²) in [4.78, 5) is 22.5. The van der Waals surface area contributed by atoms with Crippen molar-refractivity contribution in [3.05, 3.63) is 41.0 Å². The molecular weight excluding hydrogens is 437 g/mol. The number of phenols is 1. The van der Waals surface area contributed by atoms with Gasteiger partial charge in [0.15, 0.2) is 0 Å². The summed E-state index contributed by atoms with van der Waals surface area (Å²) in [5.74, 6) is -0.429. The number of nitrogens with zero attached hydrogens (tertiary/aromatic N) is 3. The number of aryl methyl sites for hydroxylation is 1. The summed E-state index contributed by atoms with van der Waals surface area (Å²) in [5, 5.41) is 20.5. The first-order chi connectivity index (χ1) is 15.4. The molecule has 2 heterocycles. The van der Waals surface area contributed by atoms with Gasteiger partial charge in [0.25, 0.3) is 0 Å². The Hall–Kier alpha value is -3.14. The molecule has 1 fully saturated rings. The number of phenolic OH excluding ortho intramolecular Hbond substituents is 1. The number of aliphatic imine (C=N–C) groups is 1. The lowest BCUT2D eigenvalue weighted by Gasteiger charge is -2.16. The molecule has 0 spiro atoms.